The van der Waals surface area contributed by atoms with Crippen LogP contribution in [-0.2, 0) is 76.8 Å². The number of rotatable bonds is 19. The quantitative estimate of drug-likeness (QED) is 0.0542. The summed E-state index contributed by atoms with van der Waals surface area (Å²) >= 11 is 0. The number of nitrogens with two attached hydrogens (primary N) is 3. The number of aromatic amines is 2. The number of fused-ring (bicyclic) bond motifs is 3. The molecule has 5 aromatic rings. The number of hydrogen-bond acceptors (Lipinski definition) is 13. The fraction of sp³-hybridized carbons (Fsp3) is 0.493. The summed E-state index contributed by atoms with van der Waals surface area (Å²) in [4.78, 5) is 181. The number of aromatic nitrogens is 2. The van der Waals surface area contributed by atoms with Crippen molar-refractivity contribution in [3.05, 3.63) is 108 Å². The van der Waals surface area contributed by atoms with Gasteiger partial charge in [0.1, 0.15) is 60.4 Å². The second-order valence-corrected chi connectivity index (χ2v) is 25.6. The van der Waals surface area contributed by atoms with Gasteiger partial charge in [0.25, 0.3) is 0 Å². The lowest BCUT2D eigenvalue weighted by molar-refractivity contribution is -0.142. The smallest absolute Gasteiger partial charge is 0.246 e. The summed E-state index contributed by atoms with van der Waals surface area (Å²) in [6.07, 6.45) is 1.90. The first kappa shape index (κ1) is 71.8. The van der Waals surface area contributed by atoms with Gasteiger partial charge in [-0.3, -0.25) is 57.5 Å². The largest absolute Gasteiger partial charge is 0.370 e. The van der Waals surface area contributed by atoms with E-state index in [0.29, 0.717) is 44.9 Å². The highest BCUT2D eigenvalue weighted by Crippen LogP contribution is 2.24. The van der Waals surface area contributed by atoms with Crippen molar-refractivity contribution in [3.8, 4) is 0 Å². The maximum atomic E-state index is 15.1. The second-order valence-electron chi connectivity index (χ2n) is 25.6. The fourth-order valence-electron chi connectivity index (χ4n) is 11.9. The predicted octanol–water partition coefficient (Wildman–Crippen LogP) is 0.673. The molecule has 17 N–H and O–H groups in total. The molecule has 2 aliphatic heterocycles. The average molecular weight is 1300 g/mol. The van der Waals surface area contributed by atoms with E-state index in [4.69, 9.17) is 17.2 Å². The van der Waals surface area contributed by atoms with Crippen LogP contribution in [0, 0.1) is 17.8 Å². The van der Waals surface area contributed by atoms with Crippen LogP contribution in [0.25, 0.3) is 21.8 Å². The zero-order chi connectivity index (χ0) is 68.3. The Morgan fingerprint density at radius 1 is 0.479 bits per heavy atom. The van der Waals surface area contributed by atoms with E-state index in [1.165, 1.54) is 4.90 Å². The summed E-state index contributed by atoms with van der Waals surface area (Å²) in [5, 5.41) is 26.0. The van der Waals surface area contributed by atoms with Crippen molar-refractivity contribution in [3.63, 3.8) is 0 Å². The number of nitrogens with one attached hydrogen (secondary N) is 11. The molecule has 0 spiro atoms. The van der Waals surface area contributed by atoms with Gasteiger partial charge < -0.3 is 79.9 Å². The Balaban J connectivity index is 1.32. The molecule has 12 amide bonds. The molecule has 0 bridgehead atoms. The van der Waals surface area contributed by atoms with Crippen molar-refractivity contribution in [1.29, 1.82) is 0 Å². The summed E-state index contributed by atoms with van der Waals surface area (Å²) in [7, 11) is 0. The molecule has 4 heterocycles. The van der Waals surface area contributed by atoms with E-state index in [1.807, 2.05) is 27.7 Å². The molecule has 27 nitrogen and oxygen atoms in total. The highest BCUT2D eigenvalue weighted by molar-refractivity contribution is 6.01. The first-order valence-corrected chi connectivity index (χ1v) is 32.2. The lowest BCUT2D eigenvalue weighted by atomic mass is 9.98. The number of carbonyl (C=O) groups is 12. The van der Waals surface area contributed by atoms with E-state index in [-0.39, 0.29) is 76.3 Å². The van der Waals surface area contributed by atoms with E-state index in [0.717, 1.165) is 0 Å². The van der Waals surface area contributed by atoms with Crippen LogP contribution in [0.1, 0.15) is 116 Å². The van der Waals surface area contributed by atoms with E-state index in [2.05, 4.69) is 57.8 Å². The molecular formula is C67H91N15O12. The van der Waals surface area contributed by atoms with Crippen LogP contribution in [0.4, 0.5) is 0 Å². The number of amides is 12. The summed E-state index contributed by atoms with van der Waals surface area (Å²) in [5.41, 5.74) is 20.4. The molecule has 0 radical (unpaired) electrons. The maximum absolute atomic E-state index is 15.1. The van der Waals surface area contributed by atoms with E-state index >= 15 is 4.79 Å². The van der Waals surface area contributed by atoms with Gasteiger partial charge >= 0.3 is 0 Å². The lowest BCUT2D eigenvalue weighted by Gasteiger charge is -2.32. The van der Waals surface area contributed by atoms with E-state index in [9.17, 15) is 52.7 Å². The molecule has 10 atom stereocenters. The fourth-order valence-corrected chi connectivity index (χ4v) is 11.9. The third-order valence-corrected chi connectivity index (χ3v) is 16.8. The molecule has 0 aliphatic carbocycles. The topological polar surface area (TPSA) is 426 Å². The van der Waals surface area contributed by atoms with Crippen LogP contribution in [0.3, 0.4) is 0 Å². The highest BCUT2D eigenvalue weighted by atomic mass is 16.2. The Kier molecular flexibility index (Phi) is 25.8. The van der Waals surface area contributed by atoms with Gasteiger partial charge in [-0.05, 0) is 98.1 Å². The van der Waals surface area contributed by atoms with Crippen LogP contribution >= 0.6 is 0 Å². The molecule has 506 valence electrons. The minimum absolute atomic E-state index is 0.0106. The minimum atomic E-state index is -1.84. The normalized spacial score (nSPS) is 24.0. The van der Waals surface area contributed by atoms with Gasteiger partial charge in [-0.25, -0.2) is 0 Å². The number of primary amides is 2. The summed E-state index contributed by atoms with van der Waals surface area (Å²) in [6, 6.07) is 8.85. The third kappa shape index (κ3) is 19.9. The van der Waals surface area contributed by atoms with Crippen LogP contribution in [0.2, 0.25) is 0 Å². The van der Waals surface area contributed by atoms with E-state index in [1.54, 1.807) is 105 Å². The van der Waals surface area contributed by atoms with Gasteiger partial charge in [0.05, 0.1) is 6.42 Å². The first-order valence-electron chi connectivity index (χ1n) is 32.2. The zero-order valence-electron chi connectivity index (χ0n) is 54.1. The monoisotopic (exact) mass is 1300 g/mol. The molecular weight excluding hydrogens is 1210 g/mol. The van der Waals surface area contributed by atoms with Gasteiger partial charge in [0, 0.05) is 66.4 Å². The molecule has 2 saturated heterocycles. The van der Waals surface area contributed by atoms with Gasteiger partial charge in [-0.2, -0.15) is 0 Å². The molecule has 0 saturated carbocycles. The number of carbonyl (C=O) groups excluding carboxylic acids is 12. The molecule has 0 unspecified atom stereocenters. The Labute approximate surface area is 545 Å². The van der Waals surface area contributed by atoms with Crippen LogP contribution in [0.5, 0.6) is 0 Å². The molecule has 94 heavy (non-hydrogen) atoms. The van der Waals surface area contributed by atoms with Crippen molar-refractivity contribution >= 4 is 92.7 Å². The lowest BCUT2D eigenvalue weighted by Crippen LogP contribution is -2.62. The van der Waals surface area contributed by atoms with Gasteiger partial charge in [0.2, 0.25) is 70.9 Å². The maximum Gasteiger partial charge on any atom is 0.246 e. The Morgan fingerprint density at radius 3 is 1.44 bits per heavy atom. The standard InChI is InChI=1S/C67H91N15O12/c1-36(2)28-48-61(88)80-53(30-39-16-8-7-9-17-39)67(94)82-27-15-23-54(82)65(92)79-49(29-37(3)4)60(87)77-50(31-40-34-71-44-20-12-10-18-42(40)44)62(89)78-52(33-56(70)84)63(90)73-47(24-25-55(69)83)59(86)76-51(32-41-35-72-45-21-13-11-19-43(41)45)64(91)81-57(38(5)6)66(93)74-46(22-14-26-68)58(85)75-48/h7-13,16-21,34-38,46-54,57,71-72H,14-15,22-33,68H2,1-6H3,(H2,69,83)(H2,70,84)(H,73,90)(H,74,93)(H,75,85)(H,76,86)(H,77,87)(H,78,89)(H,79,92)(H,80,88)(H,81,91)/t46-,47+,48-,49-,50-,51-,52-,53-,54-,57-/m1/s1. The van der Waals surface area contributed by atoms with Crippen molar-refractivity contribution in [1.82, 2.24) is 62.7 Å². The van der Waals surface area contributed by atoms with Crippen LogP contribution in [-0.4, -0.2) is 159 Å². The van der Waals surface area contributed by atoms with Gasteiger partial charge in [-0.15, -0.1) is 0 Å². The first-order chi connectivity index (χ1) is 44.8. The number of benzene rings is 3. The van der Waals surface area contributed by atoms with Crippen LogP contribution in [0.15, 0.2) is 91.3 Å². The summed E-state index contributed by atoms with van der Waals surface area (Å²) < 4.78 is 0. The molecule has 2 aliphatic rings. The SMILES string of the molecule is CC(C)C[C@H]1NC(=O)[C@H]2CCCN2C(=O)[C@@H](Cc2ccccc2)NC(=O)[C@@H](CC(C)C)NC(=O)[C@@H](CCCN)NC(=O)[C@@H](C(C)C)NC(=O)[C@@H](Cc2c[nH]c3ccccc23)NC(=O)[C@H](CCC(N)=O)NC(=O)[C@@H](CC(N)=O)NC(=O)[C@@H](Cc2c[nH]c3ccccc23)NC1=O. The molecule has 3 aromatic carbocycles. The van der Waals surface area contributed by atoms with Crippen LogP contribution < -0.4 is 65.1 Å². The van der Waals surface area contributed by atoms with Gasteiger partial charge in [-0.1, -0.05) is 108 Å². The molecule has 27 heteroatoms. The van der Waals surface area contributed by atoms with Gasteiger partial charge in [0.15, 0.2) is 0 Å². The predicted molar refractivity (Wildman–Crippen MR) is 351 cm³/mol. The average Bonchev–Trinajstić information content (AvgIpc) is 1.70. The Bertz CT molecular complexity index is 3530. The van der Waals surface area contributed by atoms with Crippen molar-refractivity contribution in [2.75, 3.05) is 13.1 Å². The summed E-state index contributed by atoms with van der Waals surface area (Å²) in [5.74, 6) is -11.5. The Hall–Kier alpha value is -9.66. The van der Waals surface area contributed by atoms with Crippen molar-refractivity contribution < 1.29 is 57.5 Å². The molecule has 2 aromatic heterocycles. The summed E-state index contributed by atoms with van der Waals surface area (Å²) in [6.45, 7) is 10.8. The minimum Gasteiger partial charge on any atom is -0.370 e. The number of nitrogens with zero attached hydrogens (tertiary/aromatic N) is 1. The van der Waals surface area contributed by atoms with E-state index < -0.39 is 156 Å². The number of para-hydroxylation sites is 2. The highest BCUT2D eigenvalue weighted by Gasteiger charge is 2.42. The molecule has 7 rings (SSSR count). The number of H-pyrrole nitrogens is 2. The Morgan fingerprint density at radius 2 is 0.915 bits per heavy atom. The number of hydrogen-bond donors (Lipinski definition) is 14. The van der Waals surface area contributed by atoms with Crippen molar-refractivity contribution in [2.45, 2.75) is 179 Å². The van der Waals surface area contributed by atoms with Crippen molar-refractivity contribution in [2.24, 2.45) is 35.0 Å². The third-order valence-electron chi connectivity index (χ3n) is 16.8. The second kappa shape index (κ2) is 33.8. The molecule has 2 fully saturated rings. The zero-order valence-corrected chi connectivity index (χ0v) is 54.1.